The van der Waals surface area contributed by atoms with Gasteiger partial charge in [0.2, 0.25) is 0 Å². The second kappa shape index (κ2) is 13.5. The van der Waals surface area contributed by atoms with E-state index in [1.807, 2.05) is 0 Å². The van der Waals surface area contributed by atoms with Crippen LogP contribution in [-0.4, -0.2) is 0 Å². The molecule has 39 heavy (non-hydrogen) atoms. The van der Waals surface area contributed by atoms with Gasteiger partial charge in [0.15, 0.2) is 0 Å². The van der Waals surface area contributed by atoms with Gasteiger partial charge in [0.1, 0.15) is 5.75 Å². The Hall–Kier alpha value is -2.11. The van der Waals surface area contributed by atoms with E-state index in [2.05, 4.69) is 6.92 Å². The Bertz CT molecular complexity index is 982. The maximum atomic E-state index is 14.7. The molecular formula is C33H43F5O. The molecule has 2 fully saturated rings. The molecule has 0 unspecified atom stereocenters. The van der Waals surface area contributed by atoms with Gasteiger partial charge in [-0.25, -0.2) is 0 Å². The number of hydrogen-bond donors (Lipinski definition) is 0. The molecule has 0 spiro atoms. The Labute approximate surface area is 230 Å². The first-order valence-electron chi connectivity index (χ1n) is 15.0. The average Bonchev–Trinajstić information content (AvgIpc) is 2.93. The van der Waals surface area contributed by atoms with Crippen LogP contribution < -0.4 is 4.74 Å². The lowest BCUT2D eigenvalue weighted by molar-refractivity contribution is -0.185. The number of halogens is 5. The summed E-state index contributed by atoms with van der Waals surface area (Å²) in [5.74, 6) is 2.73. The normalized spacial score (nSPS) is 24.5. The predicted octanol–water partition coefficient (Wildman–Crippen LogP) is 11.3. The first kappa shape index (κ1) is 29.9. The maximum absolute atomic E-state index is 14.7. The van der Waals surface area contributed by atoms with Crippen LogP contribution in [0.3, 0.4) is 0 Å². The van der Waals surface area contributed by atoms with Crippen molar-refractivity contribution in [2.75, 3.05) is 0 Å². The Morgan fingerprint density at radius 2 is 1.10 bits per heavy atom. The number of rotatable bonds is 11. The third-order valence-electron chi connectivity index (χ3n) is 9.16. The molecule has 2 aromatic carbocycles. The van der Waals surface area contributed by atoms with Crippen molar-refractivity contribution >= 4 is 0 Å². The molecule has 0 N–H and O–H groups in total. The van der Waals surface area contributed by atoms with Crippen molar-refractivity contribution in [3.05, 3.63) is 65.2 Å². The largest absolute Gasteiger partial charge is 0.429 e. The van der Waals surface area contributed by atoms with Gasteiger partial charge in [0.25, 0.3) is 0 Å². The molecule has 0 aromatic heterocycles. The Morgan fingerprint density at radius 3 is 1.62 bits per heavy atom. The fourth-order valence-electron chi connectivity index (χ4n) is 6.62. The fourth-order valence-corrected chi connectivity index (χ4v) is 6.62. The van der Waals surface area contributed by atoms with Gasteiger partial charge in [-0.05, 0) is 91.3 Å². The molecule has 0 heterocycles. The summed E-state index contributed by atoms with van der Waals surface area (Å²) in [4.78, 5) is 0. The Morgan fingerprint density at radius 1 is 0.615 bits per heavy atom. The van der Waals surface area contributed by atoms with E-state index in [9.17, 15) is 22.0 Å². The maximum Gasteiger partial charge on any atom is 0.426 e. The highest BCUT2D eigenvalue weighted by atomic mass is 19.4. The van der Waals surface area contributed by atoms with Gasteiger partial charge in [-0.3, -0.25) is 0 Å². The van der Waals surface area contributed by atoms with Crippen molar-refractivity contribution in [3.63, 3.8) is 0 Å². The van der Waals surface area contributed by atoms with Gasteiger partial charge in [-0.2, -0.15) is 22.0 Å². The molecule has 6 heteroatoms. The molecule has 0 atom stereocenters. The SMILES string of the molecule is CCCCC[C@H]1CC[C@H](CCC2CCC(c3ccc(C(F)(F)Oc4ccc(C(F)(F)F)cc4)cc3)CC2)CC1. The molecular weight excluding hydrogens is 507 g/mol. The van der Waals surface area contributed by atoms with Crippen molar-refractivity contribution in [1.82, 2.24) is 0 Å². The first-order chi connectivity index (χ1) is 18.6. The lowest BCUT2D eigenvalue weighted by Gasteiger charge is -2.32. The molecule has 216 valence electrons. The minimum absolute atomic E-state index is 0.306. The van der Waals surface area contributed by atoms with E-state index in [4.69, 9.17) is 4.74 Å². The van der Waals surface area contributed by atoms with E-state index in [1.54, 1.807) is 12.1 Å². The van der Waals surface area contributed by atoms with Crippen LogP contribution in [0.4, 0.5) is 22.0 Å². The van der Waals surface area contributed by atoms with Crippen LogP contribution in [0.5, 0.6) is 5.75 Å². The van der Waals surface area contributed by atoms with Crippen LogP contribution in [0.25, 0.3) is 0 Å². The smallest absolute Gasteiger partial charge is 0.426 e. The fraction of sp³-hybridized carbons (Fsp3) is 0.636. The summed E-state index contributed by atoms with van der Waals surface area (Å²) < 4.78 is 72.3. The predicted molar refractivity (Wildman–Crippen MR) is 146 cm³/mol. The van der Waals surface area contributed by atoms with Gasteiger partial charge in [-0.15, -0.1) is 0 Å². The van der Waals surface area contributed by atoms with Crippen LogP contribution in [0.1, 0.15) is 119 Å². The van der Waals surface area contributed by atoms with Crippen molar-refractivity contribution < 1.29 is 26.7 Å². The molecule has 0 saturated heterocycles. The van der Waals surface area contributed by atoms with E-state index in [0.717, 1.165) is 60.4 Å². The summed E-state index contributed by atoms with van der Waals surface area (Å²) in [6, 6.07) is 9.59. The topological polar surface area (TPSA) is 9.23 Å². The van der Waals surface area contributed by atoms with E-state index >= 15 is 0 Å². The molecule has 4 rings (SSSR count). The van der Waals surface area contributed by atoms with E-state index in [-0.39, 0.29) is 11.3 Å². The first-order valence-corrected chi connectivity index (χ1v) is 15.0. The third kappa shape index (κ3) is 8.69. The highest BCUT2D eigenvalue weighted by Gasteiger charge is 2.36. The molecule has 2 aliphatic rings. The zero-order chi connectivity index (χ0) is 27.9. The number of unbranched alkanes of at least 4 members (excludes halogenated alkanes) is 2. The van der Waals surface area contributed by atoms with Gasteiger partial charge in [0, 0.05) is 0 Å². The summed E-state index contributed by atoms with van der Waals surface area (Å²) in [7, 11) is 0. The second-order valence-electron chi connectivity index (χ2n) is 11.9. The van der Waals surface area contributed by atoms with Gasteiger partial charge >= 0.3 is 12.3 Å². The minimum atomic E-state index is -4.52. The molecule has 2 saturated carbocycles. The van der Waals surface area contributed by atoms with Gasteiger partial charge in [0.05, 0.1) is 11.1 Å². The van der Waals surface area contributed by atoms with E-state index in [1.165, 1.54) is 89.2 Å². The lowest BCUT2D eigenvalue weighted by Crippen LogP contribution is -2.22. The number of ether oxygens (including phenoxy) is 1. The van der Waals surface area contributed by atoms with E-state index < -0.39 is 17.8 Å². The molecule has 2 aliphatic carbocycles. The van der Waals surface area contributed by atoms with Crippen LogP contribution in [0.2, 0.25) is 0 Å². The molecule has 1 nitrogen and oxygen atoms in total. The zero-order valence-electron chi connectivity index (χ0n) is 23.1. The summed E-state index contributed by atoms with van der Waals surface area (Å²) in [5.41, 5.74) is -0.138. The van der Waals surface area contributed by atoms with Crippen molar-refractivity contribution in [2.24, 2.45) is 17.8 Å². The highest BCUT2D eigenvalue weighted by molar-refractivity contribution is 5.31. The quantitative estimate of drug-likeness (QED) is 0.200. The summed E-state index contributed by atoms with van der Waals surface area (Å²) >= 11 is 0. The van der Waals surface area contributed by atoms with Crippen molar-refractivity contribution in [3.8, 4) is 5.75 Å². The summed E-state index contributed by atoms with van der Waals surface area (Å²) in [6.07, 6.45) is 10.3. The summed E-state index contributed by atoms with van der Waals surface area (Å²) in [6.45, 7) is 2.27. The van der Waals surface area contributed by atoms with Crippen molar-refractivity contribution in [2.45, 2.75) is 115 Å². The molecule has 0 bridgehead atoms. The number of alkyl halides is 5. The zero-order valence-corrected chi connectivity index (χ0v) is 23.1. The number of hydrogen-bond acceptors (Lipinski definition) is 1. The second-order valence-corrected chi connectivity index (χ2v) is 11.9. The van der Waals surface area contributed by atoms with E-state index in [0.29, 0.717) is 5.92 Å². The van der Waals surface area contributed by atoms with Crippen molar-refractivity contribution in [1.29, 1.82) is 0 Å². The van der Waals surface area contributed by atoms with Crippen LogP contribution in [0, 0.1) is 17.8 Å². The number of benzene rings is 2. The van der Waals surface area contributed by atoms with Gasteiger partial charge < -0.3 is 4.74 Å². The highest BCUT2D eigenvalue weighted by Crippen LogP contribution is 2.41. The monoisotopic (exact) mass is 550 g/mol. The molecule has 2 aromatic rings. The molecule has 0 amide bonds. The Balaban J connectivity index is 1.19. The Kier molecular flexibility index (Phi) is 10.3. The van der Waals surface area contributed by atoms with Gasteiger partial charge in [-0.1, -0.05) is 83.3 Å². The summed E-state index contributed by atoms with van der Waals surface area (Å²) in [5, 5.41) is 0. The standard InChI is InChI=1S/C33H43F5O/c1-2-3-4-5-24-6-8-25(9-7-24)10-11-26-12-14-27(15-13-26)28-16-18-30(19-17-28)33(37,38)39-31-22-20-29(21-23-31)32(34,35)36/h16-27H,2-15H2,1H3/t24-,25-,26?,27?. The molecule has 0 aliphatic heterocycles. The average molecular weight is 551 g/mol. The minimum Gasteiger partial charge on any atom is -0.429 e. The van der Waals surface area contributed by atoms with Crippen LogP contribution in [0.15, 0.2) is 48.5 Å². The van der Waals surface area contributed by atoms with Crippen LogP contribution in [-0.2, 0) is 12.3 Å². The van der Waals surface area contributed by atoms with Crippen LogP contribution >= 0.6 is 0 Å². The molecule has 0 radical (unpaired) electrons. The lowest BCUT2D eigenvalue weighted by atomic mass is 9.74. The third-order valence-corrected chi connectivity index (χ3v) is 9.16.